The fourth-order valence-electron chi connectivity index (χ4n) is 5.11. The van der Waals surface area contributed by atoms with Gasteiger partial charge in [-0.05, 0) is 57.3 Å². The summed E-state index contributed by atoms with van der Waals surface area (Å²) in [6, 6.07) is -0.666. The van der Waals surface area contributed by atoms with Gasteiger partial charge in [-0.1, -0.05) is 0 Å². The molecule has 6 rings (SSSR count). The molecule has 5 aliphatic rings. The van der Waals surface area contributed by atoms with Crippen molar-refractivity contribution < 1.29 is 22.7 Å². The number of fused-ring (bicyclic) bond motifs is 5. The second kappa shape index (κ2) is 8.63. The number of amides is 1. The summed E-state index contributed by atoms with van der Waals surface area (Å²) in [5, 5.41) is -0.288. The number of rotatable bonds is 3. The fourth-order valence-corrected chi connectivity index (χ4v) is 6.76. The van der Waals surface area contributed by atoms with Gasteiger partial charge in [-0.25, -0.2) is 23.1 Å². The van der Waals surface area contributed by atoms with Gasteiger partial charge in [-0.15, -0.1) is 0 Å². The standard InChI is InChI=1S/C21H30N4O5S/c26-20-12-30-21-17(10-22-13-23-21)14-3-5-15(6-4-14)29-11-19-18(2-1-9-25(19)20)24-31(27,28)16-7-8-16/h10,13-16,18-19,24H,1-9,11-12H2/t14?,15?,18-,19?/m0/s1. The highest BCUT2D eigenvalue weighted by Crippen LogP contribution is 2.38. The highest BCUT2D eigenvalue weighted by Gasteiger charge is 2.42. The number of ether oxygens (including phenoxy) is 2. The molecule has 31 heavy (non-hydrogen) atoms. The first-order valence-electron chi connectivity index (χ1n) is 11.4. The molecular formula is C21H30N4O5S. The minimum atomic E-state index is -3.35. The van der Waals surface area contributed by atoms with Crippen molar-refractivity contribution in [2.45, 2.75) is 80.7 Å². The molecule has 9 nitrogen and oxygen atoms in total. The molecule has 1 amide bonds. The number of carbonyl (C=O) groups is 1. The van der Waals surface area contributed by atoms with Gasteiger partial charge in [0.1, 0.15) is 6.33 Å². The lowest BCUT2D eigenvalue weighted by atomic mass is 9.83. The molecule has 0 radical (unpaired) electrons. The van der Waals surface area contributed by atoms with Crippen molar-refractivity contribution in [1.29, 1.82) is 0 Å². The maximum atomic E-state index is 13.1. The summed E-state index contributed by atoms with van der Waals surface area (Å²) in [6.45, 7) is 0.784. The van der Waals surface area contributed by atoms with Crippen LogP contribution in [-0.4, -0.2) is 72.4 Å². The average molecular weight is 451 g/mol. The Balaban J connectivity index is 1.40. The predicted molar refractivity (Wildman–Crippen MR) is 112 cm³/mol. The molecule has 2 atom stereocenters. The zero-order valence-electron chi connectivity index (χ0n) is 17.6. The van der Waals surface area contributed by atoms with Crippen LogP contribution in [0.2, 0.25) is 0 Å². The molecule has 170 valence electrons. The molecule has 4 heterocycles. The summed E-state index contributed by atoms with van der Waals surface area (Å²) in [6.07, 6.45) is 9.96. The first-order valence-corrected chi connectivity index (χ1v) is 12.9. The van der Waals surface area contributed by atoms with Crippen LogP contribution in [0.25, 0.3) is 0 Å². The molecule has 2 aliphatic carbocycles. The first kappa shape index (κ1) is 21.1. The zero-order chi connectivity index (χ0) is 21.4. The van der Waals surface area contributed by atoms with Crippen LogP contribution in [0, 0.1) is 0 Å². The Kier molecular flexibility index (Phi) is 5.87. The van der Waals surface area contributed by atoms with Gasteiger partial charge in [0.15, 0.2) is 6.61 Å². The van der Waals surface area contributed by atoms with E-state index < -0.39 is 10.0 Å². The largest absolute Gasteiger partial charge is 0.467 e. The SMILES string of the molecule is O=C1COc2ncncc2C2CCC(CC2)OCC2[C@@H](NS(=O)(=O)C3CC3)CCCN12. The Morgan fingerprint density at radius 1 is 1.10 bits per heavy atom. The average Bonchev–Trinajstić information content (AvgIpc) is 3.63. The number of piperidine rings is 1. The molecule has 0 spiro atoms. The lowest BCUT2D eigenvalue weighted by molar-refractivity contribution is -0.140. The second-order valence-electron chi connectivity index (χ2n) is 9.14. The molecule has 3 aliphatic heterocycles. The summed E-state index contributed by atoms with van der Waals surface area (Å²) in [5.41, 5.74) is 0.957. The minimum absolute atomic E-state index is 0.116. The van der Waals surface area contributed by atoms with Gasteiger partial charge in [0.25, 0.3) is 5.91 Å². The van der Waals surface area contributed by atoms with E-state index in [-0.39, 0.29) is 36.0 Å². The quantitative estimate of drug-likeness (QED) is 0.740. The van der Waals surface area contributed by atoms with Gasteiger partial charge in [0, 0.05) is 24.3 Å². The third-order valence-electron chi connectivity index (χ3n) is 7.03. The monoisotopic (exact) mass is 450 g/mol. The van der Waals surface area contributed by atoms with E-state index in [1.807, 2.05) is 0 Å². The van der Waals surface area contributed by atoms with E-state index in [9.17, 15) is 13.2 Å². The topological polar surface area (TPSA) is 111 Å². The van der Waals surface area contributed by atoms with Gasteiger partial charge in [0.05, 0.1) is 24.0 Å². The normalized spacial score (nSPS) is 32.1. The smallest absolute Gasteiger partial charge is 0.260 e. The van der Waals surface area contributed by atoms with Crippen molar-refractivity contribution in [1.82, 2.24) is 19.6 Å². The van der Waals surface area contributed by atoms with Crippen LogP contribution in [-0.2, 0) is 19.6 Å². The van der Waals surface area contributed by atoms with Crippen molar-refractivity contribution in [2.75, 3.05) is 19.8 Å². The third-order valence-corrected chi connectivity index (χ3v) is 9.01. The van der Waals surface area contributed by atoms with Crippen molar-refractivity contribution in [2.24, 2.45) is 0 Å². The van der Waals surface area contributed by atoms with Crippen molar-refractivity contribution in [3.8, 4) is 5.88 Å². The molecule has 1 aromatic heterocycles. The molecule has 1 saturated heterocycles. The predicted octanol–water partition coefficient (Wildman–Crippen LogP) is 1.35. The van der Waals surface area contributed by atoms with E-state index in [2.05, 4.69) is 14.7 Å². The van der Waals surface area contributed by atoms with Crippen LogP contribution in [0.1, 0.15) is 62.8 Å². The second-order valence-corrected chi connectivity index (χ2v) is 11.1. The van der Waals surface area contributed by atoms with E-state index in [4.69, 9.17) is 9.47 Å². The van der Waals surface area contributed by atoms with E-state index >= 15 is 0 Å². The highest BCUT2D eigenvalue weighted by atomic mass is 32.2. The van der Waals surface area contributed by atoms with E-state index in [1.54, 1.807) is 11.1 Å². The van der Waals surface area contributed by atoms with Crippen molar-refractivity contribution in [3.63, 3.8) is 0 Å². The van der Waals surface area contributed by atoms with Crippen LogP contribution in [0.5, 0.6) is 5.88 Å². The van der Waals surface area contributed by atoms with Gasteiger partial charge < -0.3 is 14.4 Å². The van der Waals surface area contributed by atoms with E-state index in [0.29, 0.717) is 44.2 Å². The number of aromatic nitrogens is 2. The number of nitrogens with zero attached hydrogens (tertiary/aromatic N) is 3. The molecular weight excluding hydrogens is 420 g/mol. The van der Waals surface area contributed by atoms with Crippen LogP contribution < -0.4 is 9.46 Å². The Morgan fingerprint density at radius 2 is 1.90 bits per heavy atom. The van der Waals surface area contributed by atoms with Gasteiger partial charge in [0.2, 0.25) is 15.9 Å². The maximum absolute atomic E-state index is 13.1. The molecule has 2 bridgehead atoms. The molecule has 10 heteroatoms. The summed E-state index contributed by atoms with van der Waals surface area (Å²) in [7, 11) is -3.35. The highest BCUT2D eigenvalue weighted by molar-refractivity contribution is 7.90. The van der Waals surface area contributed by atoms with Gasteiger partial charge in [-0.2, -0.15) is 0 Å². The molecule has 3 fully saturated rings. The van der Waals surface area contributed by atoms with Crippen molar-refractivity contribution in [3.05, 3.63) is 18.1 Å². The molecule has 1 aromatic rings. The maximum Gasteiger partial charge on any atom is 0.260 e. The zero-order valence-corrected chi connectivity index (χ0v) is 18.4. The Morgan fingerprint density at radius 3 is 2.68 bits per heavy atom. The van der Waals surface area contributed by atoms with Crippen LogP contribution in [0.4, 0.5) is 0 Å². The molecule has 1 N–H and O–H groups in total. The lowest BCUT2D eigenvalue weighted by Crippen LogP contribution is -2.60. The Bertz CT molecular complexity index is 914. The lowest BCUT2D eigenvalue weighted by Gasteiger charge is -2.42. The Labute approximate surface area is 183 Å². The summed E-state index contributed by atoms with van der Waals surface area (Å²) in [4.78, 5) is 23.3. The number of sulfonamides is 1. The Hall–Kier alpha value is -1.78. The van der Waals surface area contributed by atoms with Crippen LogP contribution in [0.3, 0.4) is 0 Å². The van der Waals surface area contributed by atoms with Crippen LogP contribution in [0.15, 0.2) is 12.5 Å². The minimum Gasteiger partial charge on any atom is -0.467 e. The number of carbonyl (C=O) groups excluding carboxylic acids is 1. The fraction of sp³-hybridized carbons (Fsp3) is 0.762. The third kappa shape index (κ3) is 4.56. The summed E-state index contributed by atoms with van der Waals surface area (Å²) >= 11 is 0. The van der Waals surface area contributed by atoms with E-state index in [1.165, 1.54) is 6.33 Å². The number of hydrogen-bond acceptors (Lipinski definition) is 7. The summed E-state index contributed by atoms with van der Waals surface area (Å²) in [5.74, 6) is 0.610. The first-order chi connectivity index (χ1) is 15.0. The number of hydrogen-bond donors (Lipinski definition) is 1. The van der Waals surface area contributed by atoms with Gasteiger partial charge in [-0.3, -0.25) is 4.79 Å². The summed E-state index contributed by atoms with van der Waals surface area (Å²) < 4.78 is 40.3. The molecule has 2 saturated carbocycles. The van der Waals surface area contributed by atoms with Gasteiger partial charge >= 0.3 is 0 Å². The van der Waals surface area contributed by atoms with E-state index in [0.717, 1.165) is 37.7 Å². The molecule has 1 unspecified atom stereocenters. The molecule has 0 aromatic carbocycles. The van der Waals surface area contributed by atoms with Crippen molar-refractivity contribution >= 4 is 15.9 Å². The van der Waals surface area contributed by atoms with Crippen LogP contribution >= 0.6 is 0 Å². The number of nitrogens with one attached hydrogen (secondary N) is 1.